The molecule has 2 aromatic carbocycles. The Kier molecular flexibility index (Phi) is 5.98. The SMILES string of the molecule is CCCOc1cccc(Nc2nc(Nc3ccccc3)ncc2C(F)(F)F)c1. The molecule has 8 heteroatoms. The zero-order chi connectivity index (χ0) is 20.0. The number of hydrogen-bond acceptors (Lipinski definition) is 5. The first-order valence-electron chi connectivity index (χ1n) is 8.72. The normalized spacial score (nSPS) is 11.1. The van der Waals surface area contributed by atoms with E-state index in [0.717, 1.165) is 12.6 Å². The van der Waals surface area contributed by atoms with E-state index in [2.05, 4.69) is 20.6 Å². The average Bonchev–Trinajstić information content (AvgIpc) is 2.67. The molecule has 0 saturated heterocycles. The predicted octanol–water partition coefficient (Wildman–Crippen LogP) is 5.77. The summed E-state index contributed by atoms with van der Waals surface area (Å²) in [6.45, 7) is 2.50. The van der Waals surface area contributed by atoms with E-state index in [0.29, 0.717) is 23.7 Å². The third kappa shape index (κ3) is 5.12. The number of nitrogens with zero attached hydrogens (tertiary/aromatic N) is 2. The highest BCUT2D eigenvalue weighted by Crippen LogP contribution is 2.35. The molecule has 3 rings (SSSR count). The number of nitrogens with one attached hydrogen (secondary N) is 2. The van der Waals surface area contributed by atoms with Gasteiger partial charge in [-0.25, -0.2) is 4.98 Å². The lowest BCUT2D eigenvalue weighted by Crippen LogP contribution is -2.12. The number of alkyl halides is 3. The van der Waals surface area contributed by atoms with Crippen LogP contribution in [0.3, 0.4) is 0 Å². The summed E-state index contributed by atoms with van der Waals surface area (Å²) in [6.07, 6.45) is -3.00. The summed E-state index contributed by atoms with van der Waals surface area (Å²) in [7, 11) is 0. The molecule has 1 aromatic heterocycles. The van der Waals surface area contributed by atoms with Crippen molar-refractivity contribution in [3.05, 3.63) is 66.4 Å². The molecule has 3 aromatic rings. The minimum absolute atomic E-state index is 0.0556. The zero-order valence-corrected chi connectivity index (χ0v) is 15.1. The van der Waals surface area contributed by atoms with Crippen LogP contribution in [0, 0.1) is 0 Å². The Morgan fingerprint density at radius 2 is 1.71 bits per heavy atom. The molecule has 0 fully saturated rings. The molecule has 0 spiro atoms. The van der Waals surface area contributed by atoms with Crippen LogP contribution in [0.15, 0.2) is 60.8 Å². The van der Waals surface area contributed by atoms with Crippen molar-refractivity contribution in [2.45, 2.75) is 19.5 Å². The van der Waals surface area contributed by atoms with E-state index in [9.17, 15) is 13.2 Å². The van der Waals surface area contributed by atoms with Gasteiger partial charge in [0.15, 0.2) is 0 Å². The molecule has 0 bridgehead atoms. The van der Waals surface area contributed by atoms with Crippen molar-refractivity contribution in [3.63, 3.8) is 0 Å². The van der Waals surface area contributed by atoms with Crippen molar-refractivity contribution in [2.75, 3.05) is 17.2 Å². The number of rotatable bonds is 7. The van der Waals surface area contributed by atoms with Crippen LogP contribution < -0.4 is 15.4 Å². The number of halogens is 3. The van der Waals surface area contributed by atoms with Crippen LogP contribution in [0.2, 0.25) is 0 Å². The number of anilines is 4. The van der Waals surface area contributed by atoms with Gasteiger partial charge in [-0.15, -0.1) is 0 Å². The Balaban J connectivity index is 1.89. The third-order valence-electron chi connectivity index (χ3n) is 3.69. The maximum atomic E-state index is 13.4. The quantitative estimate of drug-likeness (QED) is 0.538. The van der Waals surface area contributed by atoms with Gasteiger partial charge in [-0.2, -0.15) is 18.2 Å². The van der Waals surface area contributed by atoms with E-state index in [1.54, 1.807) is 48.5 Å². The topological polar surface area (TPSA) is 59.1 Å². The number of aromatic nitrogens is 2. The number of ether oxygens (including phenoxy) is 1. The number of benzene rings is 2. The summed E-state index contributed by atoms with van der Waals surface area (Å²) in [5.74, 6) is 0.283. The summed E-state index contributed by atoms with van der Waals surface area (Å²) in [4.78, 5) is 7.82. The van der Waals surface area contributed by atoms with Crippen LogP contribution in [0.4, 0.5) is 36.3 Å². The highest BCUT2D eigenvalue weighted by molar-refractivity contribution is 5.63. The van der Waals surface area contributed by atoms with E-state index in [1.807, 2.05) is 13.0 Å². The molecule has 0 aliphatic rings. The maximum Gasteiger partial charge on any atom is 0.421 e. The van der Waals surface area contributed by atoms with Crippen LogP contribution in [0.1, 0.15) is 18.9 Å². The molecule has 1 heterocycles. The molecule has 0 saturated carbocycles. The van der Waals surface area contributed by atoms with Gasteiger partial charge in [0, 0.05) is 23.6 Å². The van der Waals surface area contributed by atoms with E-state index in [-0.39, 0.29) is 11.8 Å². The first-order chi connectivity index (χ1) is 13.5. The van der Waals surface area contributed by atoms with Crippen LogP contribution >= 0.6 is 0 Å². The summed E-state index contributed by atoms with van der Waals surface area (Å²) < 4.78 is 45.7. The second-order valence-corrected chi connectivity index (χ2v) is 5.95. The number of hydrogen-bond donors (Lipinski definition) is 2. The summed E-state index contributed by atoms with van der Waals surface area (Å²) in [5.41, 5.74) is 0.151. The molecule has 2 N–H and O–H groups in total. The van der Waals surface area contributed by atoms with Gasteiger partial charge in [0.1, 0.15) is 17.1 Å². The van der Waals surface area contributed by atoms with E-state index in [4.69, 9.17) is 4.74 Å². The first kappa shape index (κ1) is 19.5. The van der Waals surface area contributed by atoms with Crippen molar-refractivity contribution < 1.29 is 17.9 Å². The molecule has 0 aliphatic heterocycles. The molecule has 0 atom stereocenters. The summed E-state index contributed by atoms with van der Waals surface area (Å²) >= 11 is 0. The van der Waals surface area contributed by atoms with Crippen molar-refractivity contribution in [2.24, 2.45) is 0 Å². The average molecular weight is 388 g/mol. The highest BCUT2D eigenvalue weighted by Gasteiger charge is 2.35. The third-order valence-corrected chi connectivity index (χ3v) is 3.69. The molecule has 5 nitrogen and oxygen atoms in total. The lowest BCUT2D eigenvalue weighted by molar-refractivity contribution is -0.137. The Morgan fingerprint density at radius 1 is 0.964 bits per heavy atom. The van der Waals surface area contributed by atoms with E-state index >= 15 is 0 Å². The van der Waals surface area contributed by atoms with Gasteiger partial charge in [0.05, 0.1) is 6.61 Å². The molecular formula is C20H19F3N4O. The molecular weight excluding hydrogens is 369 g/mol. The molecule has 0 unspecified atom stereocenters. The van der Waals surface area contributed by atoms with E-state index < -0.39 is 11.7 Å². The van der Waals surface area contributed by atoms with Crippen molar-refractivity contribution in [1.82, 2.24) is 9.97 Å². The van der Waals surface area contributed by atoms with Gasteiger partial charge >= 0.3 is 6.18 Å². The standard InChI is InChI=1S/C20H19F3N4O/c1-2-11-28-16-10-6-9-15(12-16)25-18-17(20(21,22)23)13-24-19(27-18)26-14-7-4-3-5-8-14/h3-10,12-13H,2,11H2,1H3,(H2,24,25,26,27). The van der Waals surface area contributed by atoms with Crippen LogP contribution in [-0.4, -0.2) is 16.6 Å². The molecule has 0 amide bonds. The van der Waals surface area contributed by atoms with Crippen LogP contribution in [-0.2, 0) is 6.18 Å². The van der Waals surface area contributed by atoms with Crippen molar-refractivity contribution >= 4 is 23.1 Å². The Bertz CT molecular complexity index is 917. The smallest absolute Gasteiger partial charge is 0.421 e. The van der Waals surface area contributed by atoms with E-state index in [1.165, 1.54) is 0 Å². The number of para-hydroxylation sites is 1. The molecule has 146 valence electrons. The first-order valence-corrected chi connectivity index (χ1v) is 8.72. The van der Waals surface area contributed by atoms with Crippen LogP contribution in [0.5, 0.6) is 5.75 Å². The minimum atomic E-state index is -4.59. The Hall–Kier alpha value is -3.29. The monoisotopic (exact) mass is 388 g/mol. The summed E-state index contributed by atoms with van der Waals surface area (Å²) in [5, 5.41) is 5.62. The van der Waals surface area contributed by atoms with Gasteiger partial charge in [-0.05, 0) is 30.7 Å². The lowest BCUT2D eigenvalue weighted by atomic mass is 10.2. The zero-order valence-electron chi connectivity index (χ0n) is 15.1. The second-order valence-electron chi connectivity index (χ2n) is 5.95. The van der Waals surface area contributed by atoms with Gasteiger partial charge in [-0.1, -0.05) is 31.2 Å². The summed E-state index contributed by atoms with van der Waals surface area (Å²) in [6, 6.07) is 15.7. The minimum Gasteiger partial charge on any atom is -0.494 e. The van der Waals surface area contributed by atoms with Gasteiger partial charge in [-0.3, -0.25) is 0 Å². The Labute approximate surface area is 160 Å². The largest absolute Gasteiger partial charge is 0.494 e. The lowest BCUT2D eigenvalue weighted by Gasteiger charge is -2.15. The fraction of sp³-hybridized carbons (Fsp3) is 0.200. The molecule has 28 heavy (non-hydrogen) atoms. The van der Waals surface area contributed by atoms with Crippen molar-refractivity contribution in [3.8, 4) is 5.75 Å². The molecule has 0 radical (unpaired) electrons. The highest BCUT2D eigenvalue weighted by atomic mass is 19.4. The molecule has 0 aliphatic carbocycles. The van der Waals surface area contributed by atoms with Gasteiger partial charge in [0.25, 0.3) is 0 Å². The fourth-order valence-electron chi connectivity index (χ4n) is 2.42. The predicted molar refractivity (Wildman–Crippen MR) is 102 cm³/mol. The van der Waals surface area contributed by atoms with Crippen molar-refractivity contribution in [1.29, 1.82) is 0 Å². The van der Waals surface area contributed by atoms with Crippen LogP contribution in [0.25, 0.3) is 0 Å². The van der Waals surface area contributed by atoms with Gasteiger partial charge < -0.3 is 15.4 Å². The maximum absolute atomic E-state index is 13.4. The fourth-order valence-corrected chi connectivity index (χ4v) is 2.42. The van der Waals surface area contributed by atoms with Gasteiger partial charge in [0.2, 0.25) is 5.95 Å². The second kappa shape index (κ2) is 8.60. The Morgan fingerprint density at radius 3 is 2.43 bits per heavy atom.